The number of esters is 2. The Morgan fingerprint density at radius 2 is 0.588 bits per heavy atom. The lowest BCUT2D eigenvalue weighted by Gasteiger charge is -2.29. The van der Waals surface area contributed by atoms with Gasteiger partial charge >= 0.3 is 11.9 Å². The van der Waals surface area contributed by atoms with Crippen LogP contribution in [-0.4, -0.2) is 60.3 Å². The van der Waals surface area contributed by atoms with Crippen LogP contribution < -0.4 is 0 Å². The van der Waals surface area contributed by atoms with Gasteiger partial charge in [-0.05, 0) is 32.1 Å². The molecule has 0 aliphatic rings. The molecule has 51 heavy (non-hydrogen) atoms. The summed E-state index contributed by atoms with van der Waals surface area (Å²) in [6.07, 6.45) is 40.6. The number of hydrogen-bond acceptors (Lipinski definition) is 7. The Balaban J connectivity index is 3.68. The lowest BCUT2D eigenvalue weighted by atomic mass is 9.88. The fourth-order valence-corrected chi connectivity index (χ4v) is 6.77. The summed E-state index contributed by atoms with van der Waals surface area (Å²) < 4.78 is 11.1. The van der Waals surface area contributed by atoms with Gasteiger partial charge in [0, 0.05) is 26.1 Å². The fourth-order valence-electron chi connectivity index (χ4n) is 6.77. The van der Waals surface area contributed by atoms with Crippen molar-refractivity contribution in [2.75, 3.05) is 33.0 Å². The van der Waals surface area contributed by atoms with Gasteiger partial charge in [0.2, 0.25) is 0 Å². The highest BCUT2D eigenvalue weighted by atomic mass is 16.5. The average Bonchev–Trinajstić information content (AvgIpc) is 3.14. The van der Waals surface area contributed by atoms with Crippen molar-refractivity contribution in [1.82, 2.24) is 0 Å². The van der Waals surface area contributed by atoms with Crippen molar-refractivity contribution in [3.63, 3.8) is 0 Å². The fraction of sp³-hybridized carbons (Fsp3) is 0.955. The number of unbranched alkanes of at least 4 members (excludes halogenated alkanes) is 30. The third-order valence-electron chi connectivity index (χ3n) is 10.7. The summed E-state index contributed by atoms with van der Waals surface area (Å²) in [5.74, 6) is -0.454. The van der Waals surface area contributed by atoms with Crippen LogP contribution in [0.4, 0.5) is 0 Å². The largest absolute Gasteiger partial charge is 0.465 e. The molecule has 0 bridgehead atoms. The van der Waals surface area contributed by atoms with E-state index in [2.05, 4.69) is 0 Å². The van der Waals surface area contributed by atoms with Gasteiger partial charge in [-0.2, -0.15) is 0 Å². The number of aliphatic hydroxyl groups excluding tert-OH is 3. The van der Waals surface area contributed by atoms with E-state index >= 15 is 0 Å². The van der Waals surface area contributed by atoms with Crippen LogP contribution in [0.15, 0.2) is 0 Å². The summed E-state index contributed by atoms with van der Waals surface area (Å²) in [5, 5.41) is 27.7. The highest BCUT2D eigenvalue weighted by Crippen LogP contribution is 2.24. The molecule has 0 saturated heterocycles. The number of carbonyl (C=O) groups excluding carboxylic acids is 2. The van der Waals surface area contributed by atoms with Crippen LogP contribution in [-0.2, 0) is 19.1 Å². The van der Waals surface area contributed by atoms with Crippen molar-refractivity contribution in [2.24, 2.45) is 5.41 Å². The second kappa shape index (κ2) is 40.0. The Labute approximate surface area is 315 Å². The molecule has 0 aromatic carbocycles. The maximum absolute atomic E-state index is 12.4. The van der Waals surface area contributed by atoms with E-state index in [-0.39, 0.29) is 31.8 Å². The first-order valence-corrected chi connectivity index (χ1v) is 22.2. The van der Waals surface area contributed by atoms with E-state index < -0.39 is 5.41 Å². The van der Waals surface area contributed by atoms with Crippen molar-refractivity contribution in [3.8, 4) is 0 Å². The Morgan fingerprint density at radius 1 is 0.373 bits per heavy atom. The SMILES string of the molecule is CCC(CO)(COC(=O)CCCCCCCCCCCCCCCCCCO)COC(=O)CCCCCCCCCCCCCCCCCCO. The summed E-state index contributed by atoms with van der Waals surface area (Å²) in [7, 11) is 0. The van der Waals surface area contributed by atoms with E-state index in [1.54, 1.807) is 0 Å². The summed E-state index contributed by atoms with van der Waals surface area (Å²) in [4.78, 5) is 24.8. The molecule has 0 atom stereocenters. The molecule has 0 aliphatic carbocycles. The predicted molar refractivity (Wildman–Crippen MR) is 213 cm³/mol. The Hall–Kier alpha value is -1.18. The highest BCUT2D eigenvalue weighted by Gasteiger charge is 2.31. The molecule has 0 aliphatic heterocycles. The van der Waals surface area contributed by atoms with Crippen LogP contribution in [0.2, 0.25) is 0 Å². The smallest absolute Gasteiger partial charge is 0.305 e. The van der Waals surface area contributed by atoms with E-state index in [9.17, 15) is 14.7 Å². The van der Waals surface area contributed by atoms with Gasteiger partial charge in [0.15, 0.2) is 0 Å². The van der Waals surface area contributed by atoms with Crippen LogP contribution in [0, 0.1) is 5.41 Å². The van der Waals surface area contributed by atoms with Crippen LogP contribution in [0.1, 0.15) is 232 Å². The van der Waals surface area contributed by atoms with E-state index in [1.807, 2.05) is 6.92 Å². The molecule has 0 spiro atoms. The summed E-state index contributed by atoms with van der Waals surface area (Å²) in [5.41, 5.74) is -0.730. The van der Waals surface area contributed by atoms with Crippen molar-refractivity contribution >= 4 is 11.9 Å². The van der Waals surface area contributed by atoms with Gasteiger partial charge in [0.1, 0.15) is 13.2 Å². The molecule has 0 amide bonds. The van der Waals surface area contributed by atoms with Crippen molar-refractivity contribution in [3.05, 3.63) is 0 Å². The van der Waals surface area contributed by atoms with Gasteiger partial charge in [-0.25, -0.2) is 0 Å². The van der Waals surface area contributed by atoms with Gasteiger partial charge in [-0.1, -0.05) is 187 Å². The van der Waals surface area contributed by atoms with E-state index in [1.165, 1.54) is 154 Å². The third-order valence-corrected chi connectivity index (χ3v) is 10.7. The molecule has 0 saturated carbocycles. The van der Waals surface area contributed by atoms with E-state index in [4.69, 9.17) is 19.7 Å². The topological polar surface area (TPSA) is 113 Å². The highest BCUT2D eigenvalue weighted by molar-refractivity contribution is 5.69. The van der Waals surface area contributed by atoms with Gasteiger partial charge in [0.25, 0.3) is 0 Å². The molecule has 0 rings (SSSR count). The predicted octanol–water partition coefficient (Wildman–Crippen LogP) is 11.7. The third kappa shape index (κ3) is 35.6. The molecule has 304 valence electrons. The van der Waals surface area contributed by atoms with Crippen LogP contribution in [0.3, 0.4) is 0 Å². The lowest BCUT2D eigenvalue weighted by Crippen LogP contribution is -2.37. The minimum absolute atomic E-state index is 0.0862. The Bertz CT molecular complexity index is 668. The van der Waals surface area contributed by atoms with Gasteiger partial charge in [0.05, 0.1) is 12.0 Å². The average molecular weight is 727 g/mol. The Kier molecular flexibility index (Phi) is 39.1. The normalized spacial score (nSPS) is 11.7. The van der Waals surface area contributed by atoms with E-state index in [0.717, 1.165) is 51.4 Å². The number of rotatable bonds is 42. The molecule has 7 nitrogen and oxygen atoms in total. The van der Waals surface area contributed by atoms with Gasteiger partial charge in [-0.3, -0.25) is 9.59 Å². The number of hydrogen-bond donors (Lipinski definition) is 3. The summed E-state index contributed by atoms with van der Waals surface area (Å²) >= 11 is 0. The van der Waals surface area contributed by atoms with Crippen LogP contribution >= 0.6 is 0 Å². The summed E-state index contributed by atoms with van der Waals surface area (Å²) in [6.45, 7) is 2.60. The molecule has 0 aromatic heterocycles. The first kappa shape index (κ1) is 49.8. The minimum atomic E-state index is -0.730. The molecule has 0 radical (unpaired) electrons. The molecular formula is C44H86O7. The second-order valence-corrected chi connectivity index (χ2v) is 15.6. The van der Waals surface area contributed by atoms with Crippen molar-refractivity contribution in [1.29, 1.82) is 0 Å². The summed E-state index contributed by atoms with van der Waals surface area (Å²) in [6, 6.07) is 0. The molecule has 3 N–H and O–H groups in total. The zero-order valence-electron chi connectivity index (χ0n) is 33.8. The first-order valence-electron chi connectivity index (χ1n) is 22.2. The maximum Gasteiger partial charge on any atom is 0.305 e. The van der Waals surface area contributed by atoms with Crippen molar-refractivity contribution in [2.45, 2.75) is 232 Å². The van der Waals surface area contributed by atoms with Gasteiger partial charge in [-0.15, -0.1) is 0 Å². The molecular weight excluding hydrogens is 640 g/mol. The molecule has 0 aromatic rings. The molecule has 0 unspecified atom stereocenters. The quantitative estimate of drug-likeness (QED) is 0.0424. The minimum Gasteiger partial charge on any atom is -0.465 e. The second-order valence-electron chi connectivity index (χ2n) is 15.6. The zero-order chi connectivity index (χ0) is 37.4. The molecule has 0 fully saturated rings. The number of ether oxygens (including phenoxy) is 2. The van der Waals surface area contributed by atoms with Crippen LogP contribution in [0.25, 0.3) is 0 Å². The van der Waals surface area contributed by atoms with E-state index in [0.29, 0.717) is 32.5 Å². The number of aliphatic hydroxyl groups is 3. The first-order chi connectivity index (χ1) is 25.0. The maximum atomic E-state index is 12.4. The van der Waals surface area contributed by atoms with Crippen molar-refractivity contribution < 1.29 is 34.4 Å². The monoisotopic (exact) mass is 727 g/mol. The Morgan fingerprint density at radius 3 is 0.784 bits per heavy atom. The van der Waals surface area contributed by atoms with Gasteiger partial charge < -0.3 is 24.8 Å². The number of carbonyl (C=O) groups is 2. The lowest BCUT2D eigenvalue weighted by molar-refractivity contribution is -0.156. The zero-order valence-corrected chi connectivity index (χ0v) is 33.8. The molecule has 7 heteroatoms. The van der Waals surface area contributed by atoms with Crippen LogP contribution in [0.5, 0.6) is 0 Å². The molecule has 0 heterocycles. The standard InChI is InChI=1S/C44H86O7/c1-2-44(39-47,40-50-42(48)35-31-27-23-19-15-11-7-3-5-9-13-17-21-25-29-33-37-45)41-51-43(49)36-32-28-24-20-16-12-8-4-6-10-14-18-22-26-30-34-38-46/h45-47H,2-41H2,1H3.